The molecule has 0 saturated heterocycles. The molecule has 0 fully saturated rings. The number of carbonyl (C=O) groups excluding carboxylic acids is 3. The Balaban J connectivity index is 1.69. The molecule has 4 aromatic carbocycles. The maximum Gasteiger partial charge on any atom is 0.408 e. The quantitative estimate of drug-likeness (QED) is 0.219. The minimum atomic E-state index is -0.950. The summed E-state index contributed by atoms with van der Waals surface area (Å²) < 4.78 is 5.50. The summed E-state index contributed by atoms with van der Waals surface area (Å²) in [5.41, 5.74) is 1.45. The molecular weight excluding hydrogens is 526 g/mol. The smallest absolute Gasteiger partial charge is 0.408 e. The number of benzene rings is 4. The molecular formula is C35H39N3O4. The van der Waals surface area contributed by atoms with Crippen LogP contribution < -0.4 is 10.6 Å². The Morgan fingerprint density at radius 1 is 0.810 bits per heavy atom. The Bertz CT molecular complexity index is 1500. The van der Waals surface area contributed by atoms with Gasteiger partial charge >= 0.3 is 6.09 Å². The molecule has 0 aliphatic carbocycles. The van der Waals surface area contributed by atoms with Crippen LogP contribution in [0.1, 0.15) is 51.3 Å². The van der Waals surface area contributed by atoms with Crippen LogP contribution >= 0.6 is 0 Å². The lowest BCUT2D eigenvalue weighted by atomic mass is 10.00. The van der Waals surface area contributed by atoms with Crippen LogP contribution in [0.15, 0.2) is 103 Å². The third kappa shape index (κ3) is 8.19. The van der Waals surface area contributed by atoms with Crippen molar-refractivity contribution in [3.05, 3.63) is 114 Å². The highest BCUT2D eigenvalue weighted by Gasteiger charge is 2.36. The Labute approximate surface area is 247 Å². The van der Waals surface area contributed by atoms with Gasteiger partial charge in [0.2, 0.25) is 5.91 Å². The van der Waals surface area contributed by atoms with Gasteiger partial charge in [-0.2, -0.15) is 0 Å². The van der Waals surface area contributed by atoms with Gasteiger partial charge in [0.25, 0.3) is 5.91 Å². The molecule has 0 saturated carbocycles. The second-order valence-corrected chi connectivity index (χ2v) is 11.3. The summed E-state index contributed by atoms with van der Waals surface area (Å²) >= 11 is 0. The van der Waals surface area contributed by atoms with Gasteiger partial charge in [-0.05, 0) is 61.2 Å². The van der Waals surface area contributed by atoms with Crippen LogP contribution in [0.25, 0.3) is 10.8 Å². The van der Waals surface area contributed by atoms with E-state index in [-0.39, 0.29) is 18.2 Å². The molecule has 0 radical (unpaired) electrons. The molecule has 3 amide bonds. The summed E-state index contributed by atoms with van der Waals surface area (Å²) in [7, 11) is 0. The first-order valence-electron chi connectivity index (χ1n) is 14.3. The number of nitrogens with zero attached hydrogens (tertiary/aromatic N) is 1. The van der Waals surface area contributed by atoms with Gasteiger partial charge in [-0.3, -0.25) is 9.59 Å². The molecule has 2 atom stereocenters. The van der Waals surface area contributed by atoms with Gasteiger partial charge in [-0.1, -0.05) is 97.9 Å². The van der Waals surface area contributed by atoms with Crippen molar-refractivity contribution in [2.45, 2.75) is 58.2 Å². The van der Waals surface area contributed by atoms with Gasteiger partial charge in [0, 0.05) is 18.7 Å². The second-order valence-electron chi connectivity index (χ2n) is 11.3. The molecule has 7 heteroatoms. The molecule has 4 aromatic rings. The summed E-state index contributed by atoms with van der Waals surface area (Å²) in [6.45, 7) is 7.58. The van der Waals surface area contributed by atoms with Crippen LogP contribution in [0, 0.1) is 0 Å². The van der Waals surface area contributed by atoms with Crippen LogP contribution in [0.3, 0.4) is 0 Å². The van der Waals surface area contributed by atoms with Crippen LogP contribution in [0.4, 0.5) is 10.5 Å². The molecule has 0 bridgehead atoms. The van der Waals surface area contributed by atoms with Crippen LogP contribution in [-0.2, 0) is 20.7 Å². The first-order valence-corrected chi connectivity index (χ1v) is 14.3. The first kappa shape index (κ1) is 30.3. The number of nitrogens with one attached hydrogen (secondary N) is 2. The lowest BCUT2D eigenvalue weighted by molar-refractivity contribution is -0.140. The molecule has 0 heterocycles. The maximum absolute atomic E-state index is 14.4. The van der Waals surface area contributed by atoms with E-state index in [1.165, 1.54) is 0 Å². The van der Waals surface area contributed by atoms with E-state index in [1.807, 2.05) is 110 Å². The van der Waals surface area contributed by atoms with Crippen molar-refractivity contribution in [1.29, 1.82) is 0 Å². The van der Waals surface area contributed by atoms with Gasteiger partial charge < -0.3 is 20.3 Å². The molecule has 2 N–H and O–H groups in total. The van der Waals surface area contributed by atoms with Crippen molar-refractivity contribution in [2.75, 3.05) is 11.9 Å². The predicted octanol–water partition coefficient (Wildman–Crippen LogP) is 6.89. The molecule has 0 aromatic heterocycles. The zero-order valence-corrected chi connectivity index (χ0v) is 24.7. The van der Waals surface area contributed by atoms with E-state index in [0.29, 0.717) is 24.2 Å². The van der Waals surface area contributed by atoms with Crippen molar-refractivity contribution in [1.82, 2.24) is 10.2 Å². The standard InChI is InChI=1S/C35H39N3O4/c1-5-22-38(33(40)30(23-25-14-8-6-9-15-25)37-34(41)42-35(2,3)4)31(27-17-10-7-11-18-27)32(39)36-29-21-20-26-16-12-13-19-28(26)24-29/h6-21,24,30-31H,5,22-23H2,1-4H3,(H,36,39)(H,37,41). The zero-order chi connectivity index (χ0) is 30.1. The number of ether oxygens (including phenoxy) is 1. The van der Waals surface area contributed by atoms with Crippen molar-refractivity contribution in [3.8, 4) is 0 Å². The maximum atomic E-state index is 14.4. The van der Waals surface area contributed by atoms with Crippen LogP contribution in [0.5, 0.6) is 0 Å². The highest BCUT2D eigenvalue weighted by atomic mass is 16.6. The first-order chi connectivity index (χ1) is 20.1. The number of anilines is 1. The minimum Gasteiger partial charge on any atom is -0.444 e. The predicted molar refractivity (Wildman–Crippen MR) is 167 cm³/mol. The van der Waals surface area contributed by atoms with Gasteiger partial charge in [0.15, 0.2) is 0 Å². The van der Waals surface area contributed by atoms with E-state index in [2.05, 4.69) is 10.6 Å². The summed E-state index contributed by atoms with van der Waals surface area (Å²) in [5, 5.41) is 7.90. The molecule has 42 heavy (non-hydrogen) atoms. The van der Waals surface area contributed by atoms with Crippen molar-refractivity contribution in [3.63, 3.8) is 0 Å². The van der Waals surface area contributed by atoms with Crippen LogP contribution in [0.2, 0.25) is 0 Å². The SMILES string of the molecule is CCCN(C(=O)C(Cc1ccccc1)NC(=O)OC(C)(C)C)C(C(=O)Nc1ccc2ccccc2c1)c1ccccc1. The van der Waals surface area contributed by atoms with Gasteiger partial charge in [0.1, 0.15) is 17.7 Å². The van der Waals surface area contributed by atoms with E-state index in [4.69, 9.17) is 4.74 Å². The summed E-state index contributed by atoms with van der Waals surface area (Å²) in [6.07, 6.45) is 0.167. The molecule has 0 aliphatic rings. The Kier molecular flexibility index (Phi) is 9.97. The molecule has 0 spiro atoms. The third-order valence-electron chi connectivity index (χ3n) is 6.71. The molecule has 0 aliphatic heterocycles. The van der Waals surface area contributed by atoms with Crippen LogP contribution in [-0.4, -0.2) is 41.0 Å². The second kappa shape index (κ2) is 13.8. The minimum absolute atomic E-state index is 0.243. The number of hydrogen-bond acceptors (Lipinski definition) is 4. The zero-order valence-electron chi connectivity index (χ0n) is 24.7. The Hall–Kier alpha value is -4.65. The third-order valence-corrected chi connectivity index (χ3v) is 6.71. The average Bonchev–Trinajstić information content (AvgIpc) is 2.96. The number of fused-ring (bicyclic) bond motifs is 1. The van der Waals surface area contributed by atoms with E-state index in [0.717, 1.165) is 16.3 Å². The fourth-order valence-corrected chi connectivity index (χ4v) is 4.89. The van der Waals surface area contributed by atoms with Crippen molar-refractivity contribution in [2.24, 2.45) is 0 Å². The highest BCUT2D eigenvalue weighted by Crippen LogP contribution is 2.26. The summed E-state index contributed by atoms with van der Waals surface area (Å²) in [5.74, 6) is -0.705. The lowest BCUT2D eigenvalue weighted by Gasteiger charge is -2.34. The van der Waals surface area contributed by atoms with E-state index in [9.17, 15) is 14.4 Å². The monoisotopic (exact) mass is 565 g/mol. The normalized spacial score (nSPS) is 12.7. The highest BCUT2D eigenvalue weighted by molar-refractivity contribution is 6.00. The molecule has 4 rings (SSSR count). The number of hydrogen-bond donors (Lipinski definition) is 2. The number of rotatable bonds is 10. The van der Waals surface area contributed by atoms with Crippen molar-refractivity contribution < 1.29 is 19.1 Å². The van der Waals surface area contributed by atoms with Gasteiger partial charge in [-0.25, -0.2) is 4.79 Å². The average molecular weight is 566 g/mol. The Morgan fingerprint density at radius 3 is 2.07 bits per heavy atom. The van der Waals surface area contributed by atoms with Gasteiger partial charge in [-0.15, -0.1) is 0 Å². The summed E-state index contributed by atoms with van der Waals surface area (Å²) in [4.78, 5) is 42.9. The largest absolute Gasteiger partial charge is 0.444 e. The number of amides is 3. The summed E-state index contributed by atoms with van der Waals surface area (Å²) in [6, 6.07) is 30.5. The fourth-order valence-electron chi connectivity index (χ4n) is 4.89. The van der Waals surface area contributed by atoms with Crippen molar-refractivity contribution >= 4 is 34.4 Å². The number of carbonyl (C=O) groups is 3. The lowest BCUT2D eigenvalue weighted by Crippen LogP contribution is -2.53. The molecule has 218 valence electrons. The topological polar surface area (TPSA) is 87.7 Å². The van der Waals surface area contributed by atoms with E-state index in [1.54, 1.807) is 25.7 Å². The fraction of sp³-hybridized carbons (Fsp3) is 0.286. The van der Waals surface area contributed by atoms with Gasteiger partial charge in [0.05, 0.1) is 0 Å². The number of alkyl carbamates (subject to hydrolysis) is 1. The van der Waals surface area contributed by atoms with E-state index >= 15 is 0 Å². The Morgan fingerprint density at radius 2 is 1.43 bits per heavy atom. The molecule has 2 unspecified atom stereocenters. The molecule has 7 nitrogen and oxygen atoms in total. The van der Waals surface area contributed by atoms with E-state index < -0.39 is 23.8 Å².